The predicted octanol–water partition coefficient (Wildman–Crippen LogP) is 4.51. The van der Waals surface area contributed by atoms with Gasteiger partial charge in [0, 0.05) is 5.56 Å². The van der Waals surface area contributed by atoms with Crippen molar-refractivity contribution in [3.63, 3.8) is 0 Å². The van der Waals surface area contributed by atoms with Crippen molar-refractivity contribution in [3.8, 4) is 11.8 Å². The molecule has 1 atom stereocenters. The molecule has 1 aliphatic rings. The van der Waals surface area contributed by atoms with Crippen molar-refractivity contribution in [1.29, 1.82) is 0 Å². The summed E-state index contributed by atoms with van der Waals surface area (Å²) in [5, 5.41) is 0. The fraction of sp³-hybridized carbons (Fsp3) is 0.333. The minimum atomic E-state index is 0.203. The lowest BCUT2D eigenvalue weighted by atomic mass is 9.96. The van der Waals surface area contributed by atoms with Crippen molar-refractivity contribution in [2.24, 2.45) is 5.92 Å². The van der Waals surface area contributed by atoms with Crippen molar-refractivity contribution < 1.29 is 0 Å². The van der Waals surface area contributed by atoms with Gasteiger partial charge in [-0.1, -0.05) is 67.3 Å². The van der Waals surface area contributed by atoms with Crippen molar-refractivity contribution in [2.45, 2.75) is 25.8 Å². The Labute approximate surface area is 134 Å². The first kappa shape index (κ1) is 14.9. The zero-order valence-corrected chi connectivity index (χ0v) is 13.2. The highest BCUT2D eigenvalue weighted by Crippen LogP contribution is 2.26. The van der Waals surface area contributed by atoms with Crippen LogP contribution in [0.15, 0.2) is 60.7 Å². The molecule has 1 nitrogen and oxygen atoms in total. The monoisotopic (exact) mass is 289 g/mol. The van der Waals surface area contributed by atoms with Gasteiger partial charge in [-0.15, -0.1) is 0 Å². The number of nitrogens with zero attached hydrogens (tertiary/aromatic N) is 1. The number of likely N-dealkylation sites (tertiary alicyclic amines) is 1. The second kappa shape index (κ2) is 7.29. The highest BCUT2D eigenvalue weighted by Gasteiger charge is 2.23. The van der Waals surface area contributed by atoms with Crippen LogP contribution in [0.4, 0.5) is 0 Å². The van der Waals surface area contributed by atoms with Crippen LogP contribution in [0.1, 0.15) is 36.9 Å². The van der Waals surface area contributed by atoms with Crippen LogP contribution in [-0.2, 0) is 0 Å². The second-order valence-electron chi connectivity index (χ2n) is 6.17. The molecule has 1 fully saturated rings. The zero-order chi connectivity index (χ0) is 15.2. The second-order valence-corrected chi connectivity index (χ2v) is 6.17. The molecule has 112 valence electrons. The fourth-order valence-corrected chi connectivity index (χ4v) is 2.98. The summed E-state index contributed by atoms with van der Waals surface area (Å²) in [6.45, 7) is 4.64. The maximum Gasteiger partial charge on any atom is 0.0974 e. The smallest absolute Gasteiger partial charge is 0.0974 e. The average Bonchev–Trinajstić information content (AvgIpc) is 2.58. The molecule has 2 aromatic carbocycles. The van der Waals surface area contributed by atoms with Crippen molar-refractivity contribution in [2.75, 3.05) is 13.1 Å². The van der Waals surface area contributed by atoms with Crippen molar-refractivity contribution in [3.05, 3.63) is 71.8 Å². The van der Waals surface area contributed by atoms with Crippen LogP contribution in [-0.4, -0.2) is 18.0 Å². The molecule has 0 saturated carbocycles. The van der Waals surface area contributed by atoms with E-state index in [1.807, 2.05) is 18.2 Å². The standard InChI is InChI=1S/C21H23N/c1-18-14-16-22(17-15-18)21(20-10-6-3-7-11-20)13-12-19-8-4-2-5-9-19/h2-11,18,21H,14-17H2,1H3. The van der Waals surface area contributed by atoms with E-state index in [0.717, 1.165) is 24.6 Å². The molecule has 0 N–H and O–H groups in total. The van der Waals surface area contributed by atoms with Gasteiger partial charge in [-0.05, 0) is 49.5 Å². The van der Waals surface area contributed by atoms with Gasteiger partial charge in [0.25, 0.3) is 0 Å². The van der Waals surface area contributed by atoms with Gasteiger partial charge in [0.2, 0.25) is 0 Å². The number of piperidine rings is 1. The van der Waals surface area contributed by atoms with Crippen LogP contribution in [0, 0.1) is 17.8 Å². The molecule has 0 spiro atoms. The van der Waals surface area contributed by atoms with Crippen molar-refractivity contribution >= 4 is 0 Å². The lowest BCUT2D eigenvalue weighted by Gasteiger charge is -2.34. The summed E-state index contributed by atoms with van der Waals surface area (Å²) in [5.74, 6) is 7.72. The SMILES string of the molecule is CC1CCN(C(C#Cc2ccccc2)c2ccccc2)CC1. The minimum absolute atomic E-state index is 0.203. The van der Waals surface area contributed by atoms with Gasteiger partial charge < -0.3 is 0 Å². The van der Waals surface area contributed by atoms with Crippen LogP contribution < -0.4 is 0 Å². The van der Waals surface area contributed by atoms with Crippen LogP contribution in [0.25, 0.3) is 0 Å². The average molecular weight is 289 g/mol. The topological polar surface area (TPSA) is 3.24 Å². The van der Waals surface area contributed by atoms with Gasteiger partial charge in [-0.2, -0.15) is 0 Å². The summed E-state index contributed by atoms with van der Waals surface area (Å²) in [7, 11) is 0. The third-order valence-electron chi connectivity index (χ3n) is 4.43. The summed E-state index contributed by atoms with van der Waals surface area (Å²) in [6.07, 6.45) is 2.55. The molecule has 1 aliphatic heterocycles. The number of rotatable bonds is 2. The molecule has 2 aromatic rings. The van der Waals surface area contributed by atoms with Gasteiger partial charge in [0.1, 0.15) is 0 Å². The van der Waals surface area contributed by atoms with Gasteiger partial charge in [-0.3, -0.25) is 4.90 Å². The molecule has 1 unspecified atom stereocenters. The van der Waals surface area contributed by atoms with Crippen LogP contribution >= 0.6 is 0 Å². The third kappa shape index (κ3) is 3.78. The molecule has 22 heavy (non-hydrogen) atoms. The molecule has 0 radical (unpaired) electrons. The van der Waals surface area contributed by atoms with E-state index in [2.05, 4.69) is 66.1 Å². The fourth-order valence-electron chi connectivity index (χ4n) is 2.98. The van der Waals surface area contributed by atoms with E-state index in [0.29, 0.717) is 0 Å². The maximum absolute atomic E-state index is 3.51. The Morgan fingerprint density at radius 1 is 0.909 bits per heavy atom. The number of benzene rings is 2. The Morgan fingerprint density at radius 2 is 1.50 bits per heavy atom. The first-order valence-electron chi connectivity index (χ1n) is 8.18. The van der Waals surface area contributed by atoms with Gasteiger partial charge in [0.05, 0.1) is 6.04 Å². The normalized spacial score (nSPS) is 17.5. The molecule has 3 rings (SSSR count). The lowest BCUT2D eigenvalue weighted by Crippen LogP contribution is -2.35. The largest absolute Gasteiger partial charge is 0.286 e. The Balaban J connectivity index is 1.85. The first-order chi connectivity index (χ1) is 10.8. The van der Waals surface area contributed by atoms with Crippen LogP contribution in [0.2, 0.25) is 0 Å². The summed E-state index contributed by atoms with van der Waals surface area (Å²) in [6, 6.07) is 21.2. The highest BCUT2D eigenvalue weighted by molar-refractivity contribution is 5.37. The number of hydrogen-bond donors (Lipinski definition) is 0. The lowest BCUT2D eigenvalue weighted by molar-refractivity contribution is 0.166. The molecule has 1 heteroatoms. The molecule has 1 heterocycles. The summed E-state index contributed by atoms with van der Waals surface area (Å²) in [5.41, 5.74) is 2.40. The van der Waals surface area contributed by atoms with E-state index in [4.69, 9.17) is 0 Å². The van der Waals surface area contributed by atoms with Crippen LogP contribution in [0.3, 0.4) is 0 Å². The predicted molar refractivity (Wildman–Crippen MR) is 92.5 cm³/mol. The maximum atomic E-state index is 3.51. The van der Waals surface area contributed by atoms with Gasteiger partial charge in [0.15, 0.2) is 0 Å². The molecule has 0 amide bonds. The third-order valence-corrected chi connectivity index (χ3v) is 4.43. The molecule has 1 saturated heterocycles. The first-order valence-corrected chi connectivity index (χ1v) is 8.18. The summed E-state index contributed by atoms with van der Waals surface area (Å²) in [4.78, 5) is 2.53. The Kier molecular flexibility index (Phi) is 4.93. The Hall–Kier alpha value is -2.04. The quantitative estimate of drug-likeness (QED) is 0.735. The van der Waals surface area contributed by atoms with E-state index >= 15 is 0 Å². The van der Waals surface area contributed by atoms with Gasteiger partial charge in [-0.25, -0.2) is 0 Å². The molecule has 0 aromatic heterocycles. The van der Waals surface area contributed by atoms with E-state index in [-0.39, 0.29) is 6.04 Å². The Morgan fingerprint density at radius 3 is 2.14 bits per heavy atom. The van der Waals surface area contributed by atoms with E-state index in [9.17, 15) is 0 Å². The zero-order valence-electron chi connectivity index (χ0n) is 13.2. The van der Waals surface area contributed by atoms with Crippen LogP contribution in [0.5, 0.6) is 0 Å². The molecule has 0 aliphatic carbocycles. The van der Waals surface area contributed by atoms with Gasteiger partial charge >= 0.3 is 0 Å². The number of hydrogen-bond acceptors (Lipinski definition) is 1. The Bertz CT molecular complexity index is 628. The molecular weight excluding hydrogens is 266 g/mol. The molecular formula is C21H23N. The highest BCUT2D eigenvalue weighted by atomic mass is 15.2. The van der Waals surface area contributed by atoms with E-state index in [1.165, 1.54) is 18.4 Å². The summed E-state index contributed by atoms with van der Waals surface area (Å²) < 4.78 is 0. The molecule has 0 bridgehead atoms. The van der Waals surface area contributed by atoms with E-state index < -0.39 is 0 Å². The van der Waals surface area contributed by atoms with Crippen molar-refractivity contribution in [1.82, 2.24) is 4.90 Å². The minimum Gasteiger partial charge on any atom is -0.286 e. The van der Waals surface area contributed by atoms with E-state index in [1.54, 1.807) is 0 Å². The summed E-state index contributed by atoms with van der Waals surface area (Å²) >= 11 is 0.